The Hall–Kier alpha value is -1.85. The number of carbonyl (C=O) groups is 1. The van der Waals surface area contributed by atoms with Crippen LogP contribution in [0.2, 0.25) is 0 Å². The van der Waals surface area contributed by atoms with Gasteiger partial charge in [-0.2, -0.15) is 0 Å². The summed E-state index contributed by atoms with van der Waals surface area (Å²) < 4.78 is 30.5. The van der Waals surface area contributed by atoms with Gasteiger partial charge in [0.2, 0.25) is 0 Å². The maximum atomic E-state index is 13.3. The topological polar surface area (TPSA) is 66.8 Å². The molecule has 2 N–H and O–H groups in total. The van der Waals surface area contributed by atoms with Crippen LogP contribution in [0.25, 0.3) is 0 Å². The minimum Gasteiger partial charge on any atom is -0.504 e. The van der Waals surface area contributed by atoms with Gasteiger partial charge >= 0.3 is 6.16 Å². The van der Waals surface area contributed by atoms with Crippen LogP contribution < -0.4 is 4.74 Å². The summed E-state index contributed by atoms with van der Waals surface area (Å²) in [5, 5.41) is 17.8. The lowest BCUT2D eigenvalue weighted by atomic mass is 10.0. The Morgan fingerprint density at radius 1 is 1.44 bits per heavy atom. The molecule has 4 nitrogen and oxygen atoms in total. The summed E-state index contributed by atoms with van der Waals surface area (Å²) in [6.45, 7) is 3.06. The Balaban J connectivity index is 3.38. The van der Waals surface area contributed by atoms with Crippen molar-refractivity contribution in [3.63, 3.8) is 0 Å². The first kappa shape index (κ1) is 12.2. The van der Waals surface area contributed by atoms with E-state index < -0.39 is 35.2 Å². The molecule has 1 aromatic carbocycles. The van der Waals surface area contributed by atoms with Gasteiger partial charge in [0.1, 0.15) is 0 Å². The highest BCUT2D eigenvalue weighted by molar-refractivity contribution is 5.64. The van der Waals surface area contributed by atoms with E-state index in [9.17, 15) is 18.7 Å². The highest BCUT2D eigenvalue weighted by atomic mass is 19.2. The first-order valence-electron chi connectivity index (χ1n) is 4.46. The average molecular weight is 232 g/mol. The zero-order chi connectivity index (χ0) is 12.5. The van der Waals surface area contributed by atoms with Gasteiger partial charge in [-0.05, 0) is 5.92 Å². The van der Waals surface area contributed by atoms with E-state index in [1.54, 1.807) is 0 Å². The summed E-state index contributed by atoms with van der Waals surface area (Å²) in [7, 11) is 0. The molecule has 0 aliphatic heterocycles. The zero-order valence-electron chi connectivity index (χ0n) is 8.62. The van der Waals surface area contributed by atoms with Gasteiger partial charge in [0.05, 0.1) is 0 Å². The molecule has 88 valence electrons. The summed E-state index contributed by atoms with van der Waals surface area (Å²) in [6.07, 6.45) is -1.71. The van der Waals surface area contributed by atoms with Crippen LogP contribution in [0.3, 0.4) is 0 Å². The fraction of sp³-hybridized carbons (Fsp3) is 0.300. The molecule has 0 atom stereocenters. The molecule has 0 spiro atoms. The largest absolute Gasteiger partial charge is 0.511 e. The van der Waals surface area contributed by atoms with E-state index >= 15 is 0 Å². The molecular weight excluding hydrogens is 222 g/mol. The Morgan fingerprint density at radius 2 is 2.00 bits per heavy atom. The smallest absolute Gasteiger partial charge is 0.504 e. The Morgan fingerprint density at radius 3 is 2.44 bits per heavy atom. The molecule has 0 bridgehead atoms. The molecule has 0 fully saturated rings. The number of phenols is 1. The van der Waals surface area contributed by atoms with Gasteiger partial charge in [-0.25, -0.2) is 13.6 Å². The van der Waals surface area contributed by atoms with E-state index in [0.29, 0.717) is 6.07 Å². The van der Waals surface area contributed by atoms with Crippen molar-refractivity contribution in [2.75, 3.05) is 0 Å². The standard InChI is InChI=1S/C10H10F2O4/c1-4(2)7-8(12)5(11)3-6(9(7)13)16-10(14)15/h3-4,13H,1-2H3,(H,14,15). The van der Waals surface area contributed by atoms with E-state index in [2.05, 4.69) is 4.74 Å². The van der Waals surface area contributed by atoms with Crippen LogP contribution in [0.4, 0.5) is 13.6 Å². The molecule has 0 heterocycles. The predicted octanol–water partition coefficient (Wildman–Crippen LogP) is 2.85. The quantitative estimate of drug-likeness (QED) is 0.607. The number of ether oxygens (including phenoxy) is 1. The predicted molar refractivity (Wildman–Crippen MR) is 50.8 cm³/mol. The molecular formula is C10H10F2O4. The van der Waals surface area contributed by atoms with Crippen molar-refractivity contribution in [2.45, 2.75) is 19.8 Å². The number of halogens is 2. The van der Waals surface area contributed by atoms with E-state index in [4.69, 9.17) is 5.11 Å². The highest BCUT2D eigenvalue weighted by Gasteiger charge is 2.22. The molecule has 0 aliphatic rings. The second-order valence-electron chi connectivity index (χ2n) is 3.46. The van der Waals surface area contributed by atoms with Gasteiger partial charge in [-0.15, -0.1) is 0 Å². The minimum atomic E-state index is -1.71. The van der Waals surface area contributed by atoms with Gasteiger partial charge in [-0.3, -0.25) is 0 Å². The lowest BCUT2D eigenvalue weighted by molar-refractivity contribution is 0.142. The van der Waals surface area contributed by atoms with Crippen molar-refractivity contribution in [1.82, 2.24) is 0 Å². The van der Waals surface area contributed by atoms with Crippen molar-refractivity contribution in [3.8, 4) is 11.5 Å². The van der Waals surface area contributed by atoms with Crippen molar-refractivity contribution in [1.29, 1.82) is 0 Å². The lowest BCUT2D eigenvalue weighted by Gasteiger charge is -2.13. The van der Waals surface area contributed by atoms with Gasteiger partial charge in [0, 0.05) is 11.6 Å². The second-order valence-corrected chi connectivity index (χ2v) is 3.46. The summed E-state index contributed by atoms with van der Waals surface area (Å²) in [6, 6.07) is 0.491. The zero-order valence-corrected chi connectivity index (χ0v) is 8.62. The average Bonchev–Trinajstić information content (AvgIpc) is 2.13. The number of carboxylic acid groups (broad SMARTS) is 1. The molecule has 0 saturated carbocycles. The molecule has 0 saturated heterocycles. The van der Waals surface area contributed by atoms with E-state index in [1.807, 2.05) is 0 Å². The van der Waals surface area contributed by atoms with E-state index in [-0.39, 0.29) is 5.56 Å². The Bertz CT molecular complexity index is 429. The number of phenolic OH excluding ortho intramolecular Hbond substituents is 1. The molecule has 0 unspecified atom stereocenters. The van der Waals surface area contributed by atoms with E-state index in [0.717, 1.165) is 0 Å². The Kier molecular flexibility index (Phi) is 3.31. The van der Waals surface area contributed by atoms with Gasteiger partial charge in [-0.1, -0.05) is 13.8 Å². The molecule has 0 radical (unpaired) electrons. The summed E-state index contributed by atoms with van der Waals surface area (Å²) in [5.41, 5.74) is -0.309. The molecule has 1 rings (SSSR count). The molecule has 0 amide bonds. The van der Waals surface area contributed by atoms with Gasteiger partial charge in [0.25, 0.3) is 0 Å². The summed E-state index contributed by atoms with van der Waals surface area (Å²) in [5.74, 6) is -4.29. The fourth-order valence-electron chi connectivity index (χ4n) is 1.31. The maximum Gasteiger partial charge on any atom is 0.511 e. The van der Waals surface area contributed by atoms with Crippen LogP contribution in [0.1, 0.15) is 25.3 Å². The van der Waals surface area contributed by atoms with Crippen LogP contribution in [-0.4, -0.2) is 16.4 Å². The highest BCUT2D eigenvalue weighted by Crippen LogP contribution is 2.37. The third kappa shape index (κ3) is 2.21. The van der Waals surface area contributed by atoms with Crippen LogP contribution in [0.15, 0.2) is 6.07 Å². The van der Waals surface area contributed by atoms with Crippen molar-refractivity contribution in [3.05, 3.63) is 23.3 Å². The first-order chi connectivity index (χ1) is 7.34. The van der Waals surface area contributed by atoms with Crippen molar-refractivity contribution >= 4 is 6.16 Å². The van der Waals surface area contributed by atoms with Crippen LogP contribution in [0.5, 0.6) is 11.5 Å². The van der Waals surface area contributed by atoms with Crippen LogP contribution >= 0.6 is 0 Å². The SMILES string of the molecule is CC(C)c1c(O)c(OC(=O)O)cc(F)c1F. The number of rotatable bonds is 2. The number of hydrogen-bond acceptors (Lipinski definition) is 3. The third-order valence-electron chi connectivity index (χ3n) is 1.97. The lowest BCUT2D eigenvalue weighted by Crippen LogP contribution is -2.06. The fourth-order valence-corrected chi connectivity index (χ4v) is 1.31. The third-order valence-corrected chi connectivity index (χ3v) is 1.97. The monoisotopic (exact) mass is 232 g/mol. The maximum absolute atomic E-state index is 13.3. The number of benzene rings is 1. The summed E-state index contributed by atoms with van der Waals surface area (Å²) in [4.78, 5) is 10.2. The van der Waals surface area contributed by atoms with E-state index in [1.165, 1.54) is 13.8 Å². The molecule has 0 aliphatic carbocycles. The molecule has 16 heavy (non-hydrogen) atoms. The second kappa shape index (κ2) is 4.34. The van der Waals surface area contributed by atoms with Crippen LogP contribution in [-0.2, 0) is 0 Å². The van der Waals surface area contributed by atoms with Gasteiger partial charge < -0.3 is 14.9 Å². The first-order valence-corrected chi connectivity index (χ1v) is 4.46. The molecule has 6 heteroatoms. The molecule has 1 aromatic rings. The summed E-state index contributed by atoms with van der Waals surface area (Å²) >= 11 is 0. The molecule has 0 aromatic heterocycles. The van der Waals surface area contributed by atoms with Crippen molar-refractivity contribution in [2.24, 2.45) is 0 Å². The van der Waals surface area contributed by atoms with Crippen molar-refractivity contribution < 1.29 is 28.5 Å². The normalized spacial score (nSPS) is 10.6. The van der Waals surface area contributed by atoms with Crippen LogP contribution in [0, 0.1) is 11.6 Å². The Labute approximate surface area is 90.1 Å². The number of hydrogen-bond donors (Lipinski definition) is 2. The van der Waals surface area contributed by atoms with Gasteiger partial charge in [0.15, 0.2) is 23.1 Å². The minimum absolute atomic E-state index is 0.309. The number of aromatic hydroxyl groups is 1.